The maximum absolute atomic E-state index is 12.4. The first kappa shape index (κ1) is 17.8. The Morgan fingerprint density at radius 2 is 1.87 bits per heavy atom. The smallest absolute Gasteiger partial charge is 0.323 e. The molecule has 1 aliphatic heterocycles. The zero-order chi connectivity index (χ0) is 16.8. The third-order valence-corrected chi connectivity index (χ3v) is 5.18. The highest BCUT2D eigenvalue weighted by molar-refractivity contribution is 5.89. The number of nitrogens with one attached hydrogen (secondary N) is 1. The van der Waals surface area contributed by atoms with E-state index in [1.807, 2.05) is 0 Å². The Labute approximate surface area is 137 Å². The van der Waals surface area contributed by atoms with E-state index in [1.165, 1.54) is 24.2 Å². The lowest BCUT2D eigenvalue weighted by Crippen LogP contribution is -2.49. The van der Waals surface area contributed by atoms with Gasteiger partial charge >= 0.3 is 5.97 Å². The van der Waals surface area contributed by atoms with E-state index in [4.69, 9.17) is 5.11 Å². The van der Waals surface area contributed by atoms with Gasteiger partial charge in [-0.05, 0) is 37.5 Å². The summed E-state index contributed by atoms with van der Waals surface area (Å²) in [6.07, 6.45) is 7.36. The van der Waals surface area contributed by atoms with Crippen molar-refractivity contribution < 1.29 is 19.5 Å². The van der Waals surface area contributed by atoms with Crippen LogP contribution in [0.1, 0.15) is 58.3 Å². The van der Waals surface area contributed by atoms with Crippen molar-refractivity contribution >= 4 is 17.8 Å². The number of rotatable bonds is 5. The first-order valence-corrected chi connectivity index (χ1v) is 8.77. The van der Waals surface area contributed by atoms with Crippen LogP contribution in [-0.2, 0) is 14.4 Å². The van der Waals surface area contributed by atoms with Gasteiger partial charge in [0.25, 0.3) is 0 Å². The molecule has 3 atom stereocenters. The lowest BCUT2D eigenvalue weighted by molar-refractivity contribution is -0.145. The van der Waals surface area contributed by atoms with Gasteiger partial charge in [0.2, 0.25) is 11.8 Å². The molecule has 1 aliphatic carbocycles. The molecule has 0 bridgehead atoms. The lowest BCUT2D eigenvalue weighted by Gasteiger charge is -2.29. The third-order valence-electron chi connectivity index (χ3n) is 5.18. The van der Waals surface area contributed by atoms with Gasteiger partial charge in [-0.1, -0.05) is 26.2 Å². The summed E-state index contributed by atoms with van der Waals surface area (Å²) in [6.45, 7) is 2.37. The number of hydrogen-bond donors (Lipinski definition) is 2. The molecule has 1 heterocycles. The predicted molar refractivity (Wildman–Crippen MR) is 85.7 cm³/mol. The van der Waals surface area contributed by atoms with Crippen LogP contribution in [0.5, 0.6) is 0 Å². The van der Waals surface area contributed by atoms with Gasteiger partial charge in [0, 0.05) is 13.0 Å². The molecule has 2 rings (SSSR count). The number of amides is 2. The molecule has 2 fully saturated rings. The minimum absolute atomic E-state index is 0.0701. The quantitative estimate of drug-likeness (QED) is 0.807. The Hall–Kier alpha value is -1.59. The Morgan fingerprint density at radius 1 is 1.17 bits per heavy atom. The maximum Gasteiger partial charge on any atom is 0.323 e. The zero-order valence-electron chi connectivity index (χ0n) is 13.9. The van der Waals surface area contributed by atoms with Gasteiger partial charge in [-0.25, -0.2) is 0 Å². The SMILES string of the molecule is CC1CCCCC1CC(=O)NC1CCCCN(CC(=O)O)C1=O. The summed E-state index contributed by atoms with van der Waals surface area (Å²) < 4.78 is 0. The predicted octanol–water partition coefficient (Wildman–Crippen LogP) is 1.78. The fourth-order valence-electron chi connectivity index (χ4n) is 3.75. The van der Waals surface area contributed by atoms with E-state index in [2.05, 4.69) is 12.2 Å². The summed E-state index contributed by atoms with van der Waals surface area (Å²) in [5.41, 5.74) is 0. The van der Waals surface area contributed by atoms with Gasteiger partial charge in [0.05, 0.1) is 0 Å². The molecule has 0 spiro atoms. The van der Waals surface area contributed by atoms with Gasteiger partial charge in [0.1, 0.15) is 12.6 Å². The van der Waals surface area contributed by atoms with Crippen molar-refractivity contribution in [1.29, 1.82) is 0 Å². The molecule has 0 aromatic carbocycles. The largest absolute Gasteiger partial charge is 0.480 e. The summed E-state index contributed by atoms with van der Waals surface area (Å²) in [5.74, 6) is -0.377. The van der Waals surface area contributed by atoms with Crippen molar-refractivity contribution in [2.45, 2.75) is 64.3 Å². The van der Waals surface area contributed by atoms with Crippen molar-refractivity contribution in [1.82, 2.24) is 10.2 Å². The molecular weight excluding hydrogens is 296 g/mol. The van der Waals surface area contributed by atoms with E-state index in [-0.39, 0.29) is 18.4 Å². The fourth-order valence-corrected chi connectivity index (χ4v) is 3.75. The Bertz CT molecular complexity index is 452. The van der Waals surface area contributed by atoms with E-state index in [0.717, 1.165) is 19.3 Å². The first-order valence-electron chi connectivity index (χ1n) is 8.77. The third kappa shape index (κ3) is 5.22. The zero-order valence-corrected chi connectivity index (χ0v) is 13.9. The summed E-state index contributed by atoms with van der Waals surface area (Å²) in [6, 6.07) is -0.566. The fraction of sp³-hybridized carbons (Fsp3) is 0.824. The molecule has 2 amide bonds. The lowest BCUT2D eigenvalue weighted by atomic mass is 9.78. The average molecular weight is 324 g/mol. The minimum atomic E-state index is -1.01. The van der Waals surface area contributed by atoms with Crippen LogP contribution in [0.2, 0.25) is 0 Å². The Morgan fingerprint density at radius 3 is 2.57 bits per heavy atom. The topological polar surface area (TPSA) is 86.7 Å². The number of carboxylic acids is 1. The second kappa shape index (κ2) is 8.31. The van der Waals surface area contributed by atoms with E-state index in [1.54, 1.807) is 0 Å². The van der Waals surface area contributed by atoms with Crippen LogP contribution in [0.3, 0.4) is 0 Å². The maximum atomic E-state index is 12.4. The molecule has 23 heavy (non-hydrogen) atoms. The molecular formula is C17H28N2O4. The van der Waals surface area contributed by atoms with Crippen LogP contribution in [0.25, 0.3) is 0 Å². The molecule has 1 saturated heterocycles. The normalized spacial score (nSPS) is 29.0. The number of likely N-dealkylation sites (tertiary alicyclic amines) is 1. The average Bonchev–Trinajstić information content (AvgIpc) is 2.65. The number of nitrogens with zero attached hydrogens (tertiary/aromatic N) is 1. The number of hydrogen-bond acceptors (Lipinski definition) is 3. The molecule has 0 radical (unpaired) electrons. The summed E-state index contributed by atoms with van der Waals surface area (Å²) in [5, 5.41) is 11.8. The second-order valence-corrected chi connectivity index (χ2v) is 7.00. The summed E-state index contributed by atoms with van der Waals surface area (Å²) in [7, 11) is 0. The number of carboxylic acid groups (broad SMARTS) is 1. The number of aliphatic carboxylic acids is 1. The molecule has 6 nitrogen and oxygen atoms in total. The molecule has 2 aliphatic rings. The molecule has 130 valence electrons. The van der Waals surface area contributed by atoms with Gasteiger partial charge < -0.3 is 15.3 Å². The van der Waals surface area contributed by atoms with Crippen LogP contribution in [0.15, 0.2) is 0 Å². The van der Waals surface area contributed by atoms with E-state index in [0.29, 0.717) is 31.2 Å². The van der Waals surface area contributed by atoms with Gasteiger partial charge in [0.15, 0.2) is 0 Å². The van der Waals surface area contributed by atoms with Crippen LogP contribution >= 0.6 is 0 Å². The van der Waals surface area contributed by atoms with Crippen LogP contribution < -0.4 is 5.32 Å². The molecule has 3 unspecified atom stereocenters. The highest BCUT2D eigenvalue weighted by Crippen LogP contribution is 2.31. The van der Waals surface area contributed by atoms with Crippen LogP contribution in [0, 0.1) is 11.8 Å². The van der Waals surface area contributed by atoms with Crippen molar-refractivity contribution in [3.63, 3.8) is 0 Å². The van der Waals surface area contributed by atoms with E-state index in [9.17, 15) is 14.4 Å². The standard InChI is InChI=1S/C17H28N2O4/c1-12-6-2-3-7-13(12)10-15(20)18-14-8-4-5-9-19(17(14)23)11-16(21)22/h12-14H,2-11H2,1H3,(H,18,20)(H,21,22). The molecule has 0 aromatic heterocycles. The van der Waals surface area contributed by atoms with Gasteiger partial charge in [-0.15, -0.1) is 0 Å². The second-order valence-electron chi connectivity index (χ2n) is 7.00. The molecule has 1 saturated carbocycles. The number of carbonyl (C=O) groups is 3. The Balaban J connectivity index is 1.90. The molecule has 6 heteroatoms. The highest BCUT2D eigenvalue weighted by Gasteiger charge is 2.30. The van der Waals surface area contributed by atoms with Crippen LogP contribution in [0.4, 0.5) is 0 Å². The van der Waals surface area contributed by atoms with Gasteiger partial charge in [-0.3, -0.25) is 14.4 Å². The van der Waals surface area contributed by atoms with Crippen LogP contribution in [-0.4, -0.2) is 46.9 Å². The van der Waals surface area contributed by atoms with Gasteiger partial charge in [-0.2, -0.15) is 0 Å². The molecule has 0 aromatic rings. The van der Waals surface area contributed by atoms with E-state index < -0.39 is 12.0 Å². The minimum Gasteiger partial charge on any atom is -0.480 e. The van der Waals surface area contributed by atoms with Crippen molar-refractivity contribution in [3.05, 3.63) is 0 Å². The van der Waals surface area contributed by atoms with Crippen molar-refractivity contribution in [2.75, 3.05) is 13.1 Å². The highest BCUT2D eigenvalue weighted by atomic mass is 16.4. The Kier molecular flexibility index (Phi) is 6.42. The monoisotopic (exact) mass is 324 g/mol. The van der Waals surface area contributed by atoms with Crippen molar-refractivity contribution in [3.8, 4) is 0 Å². The van der Waals surface area contributed by atoms with E-state index >= 15 is 0 Å². The summed E-state index contributed by atoms with van der Waals surface area (Å²) >= 11 is 0. The molecule has 2 N–H and O–H groups in total. The first-order chi connectivity index (χ1) is 11.0. The van der Waals surface area contributed by atoms with Crippen molar-refractivity contribution in [2.24, 2.45) is 11.8 Å². The summed E-state index contributed by atoms with van der Waals surface area (Å²) in [4.78, 5) is 37.0. The number of carbonyl (C=O) groups excluding carboxylic acids is 2.